The SMILES string of the molecule is CC/C=C/C/C=C/CCC(=O)OCC(COCCC(C(=O)O)[N+](C)(C)C)OC(=O)CCCCCCC/C=C/CCCC. The summed E-state index contributed by atoms with van der Waals surface area (Å²) in [6.07, 6.45) is 25.1. The Kier molecular flexibility index (Phi) is 24.7. The predicted octanol–water partition coefficient (Wildman–Crippen LogP) is 7.18. The third-order valence-electron chi connectivity index (χ3n) is 6.79. The monoisotopic (exact) mass is 594 g/mol. The van der Waals surface area contributed by atoms with Gasteiger partial charge in [-0.2, -0.15) is 0 Å². The van der Waals surface area contributed by atoms with E-state index in [0.717, 1.165) is 51.4 Å². The number of unbranched alkanes of at least 4 members (excludes halogenated alkanes) is 7. The average Bonchev–Trinajstić information content (AvgIpc) is 2.92. The Labute approximate surface area is 255 Å². The van der Waals surface area contributed by atoms with Gasteiger partial charge in [0, 0.05) is 19.3 Å². The molecule has 8 nitrogen and oxygen atoms in total. The predicted molar refractivity (Wildman–Crippen MR) is 169 cm³/mol. The summed E-state index contributed by atoms with van der Waals surface area (Å²) < 4.78 is 17.0. The summed E-state index contributed by atoms with van der Waals surface area (Å²) in [6, 6.07) is -0.619. The summed E-state index contributed by atoms with van der Waals surface area (Å²) in [4.78, 5) is 36.4. The normalized spacial score (nSPS) is 13.6. The van der Waals surface area contributed by atoms with E-state index < -0.39 is 18.1 Å². The van der Waals surface area contributed by atoms with Crippen LogP contribution in [0.2, 0.25) is 0 Å². The second-order valence-corrected chi connectivity index (χ2v) is 11.7. The molecule has 242 valence electrons. The van der Waals surface area contributed by atoms with E-state index in [0.29, 0.717) is 19.3 Å². The molecule has 0 spiro atoms. The lowest BCUT2D eigenvalue weighted by Crippen LogP contribution is -2.50. The van der Waals surface area contributed by atoms with E-state index in [-0.39, 0.29) is 42.7 Å². The van der Waals surface area contributed by atoms with Crippen LogP contribution in [0.25, 0.3) is 0 Å². The van der Waals surface area contributed by atoms with Crippen LogP contribution >= 0.6 is 0 Å². The Bertz CT molecular complexity index is 798. The van der Waals surface area contributed by atoms with Crippen molar-refractivity contribution >= 4 is 17.9 Å². The van der Waals surface area contributed by atoms with Crippen LogP contribution in [0.15, 0.2) is 36.5 Å². The van der Waals surface area contributed by atoms with Crippen LogP contribution in [-0.4, -0.2) is 80.6 Å². The van der Waals surface area contributed by atoms with Crippen LogP contribution in [-0.2, 0) is 28.6 Å². The van der Waals surface area contributed by atoms with Gasteiger partial charge in [0.15, 0.2) is 12.1 Å². The second kappa shape index (κ2) is 26.2. The minimum atomic E-state index is -0.887. The topological polar surface area (TPSA) is 99.1 Å². The fourth-order valence-corrected chi connectivity index (χ4v) is 4.25. The molecule has 0 aromatic heterocycles. The highest BCUT2D eigenvalue weighted by Crippen LogP contribution is 2.11. The lowest BCUT2D eigenvalue weighted by atomic mass is 10.1. The van der Waals surface area contributed by atoms with Crippen molar-refractivity contribution in [2.24, 2.45) is 0 Å². The molecule has 0 heterocycles. The van der Waals surface area contributed by atoms with E-state index in [1.807, 2.05) is 33.3 Å². The van der Waals surface area contributed by atoms with Crippen molar-refractivity contribution in [1.29, 1.82) is 0 Å². The van der Waals surface area contributed by atoms with E-state index in [1.165, 1.54) is 19.3 Å². The Morgan fingerprint density at radius 3 is 2.05 bits per heavy atom. The molecule has 0 aliphatic rings. The Hall–Kier alpha value is -2.45. The fourth-order valence-electron chi connectivity index (χ4n) is 4.25. The summed E-state index contributed by atoms with van der Waals surface area (Å²) in [7, 11) is 5.48. The first kappa shape index (κ1) is 39.5. The summed E-state index contributed by atoms with van der Waals surface area (Å²) in [5.41, 5.74) is 0. The summed E-state index contributed by atoms with van der Waals surface area (Å²) in [6.45, 7) is 4.43. The van der Waals surface area contributed by atoms with Gasteiger partial charge in [-0.05, 0) is 44.9 Å². The lowest BCUT2D eigenvalue weighted by molar-refractivity contribution is -0.887. The van der Waals surface area contributed by atoms with Crippen molar-refractivity contribution in [2.75, 3.05) is 41.0 Å². The summed E-state index contributed by atoms with van der Waals surface area (Å²) in [5.74, 6) is -1.58. The molecule has 0 aromatic carbocycles. The maximum atomic E-state index is 12.5. The molecule has 42 heavy (non-hydrogen) atoms. The number of rotatable bonds is 27. The highest BCUT2D eigenvalue weighted by atomic mass is 16.6. The maximum absolute atomic E-state index is 12.5. The molecule has 0 saturated carbocycles. The Morgan fingerprint density at radius 1 is 0.738 bits per heavy atom. The number of nitrogens with zero attached hydrogens (tertiary/aromatic N) is 1. The Morgan fingerprint density at radius 2 is 1.38 bits per heavy atom. The molecule has 0 rings (SSSR count). The number of esters is 2. The van der Waals surface area contributed by atoms with Crippen molar-refractivity contribution in [3.63, 3.8) is 0 Å². The van der Waals surface area contributed by atoms with E-state index in [2.05, 4.69) is 38.2 Å². The molecule has 0 fully saturated rings. The number of carbonyl (C=O) groups is 3. The number of hydrogen-bond donors (Lipinski definition) is 1. The number of allylic oxidation sites excluding steroid dienone is 6. The number of aliphatic carboxylic acids is 1. The average molecular weight is 595 g/mol. The van der Waals surface area contributed by atoms with E-state index in [4.69, 9.17) is 14.2 Å². The van der Waals surface area contributed by atoms with Crippen molar-refractivity contribution in [3.8, 4) is 0 Å². The van der Waals surface area contributed by atoms with Gasteiger partial charge in [0.25, 0.3) is 0 Å². The number of carboxylic acids is 1. The molecule has 8 heteroatoms. The van der Waals surface area contributed by atoms with Gasteiger partial charge in [-0.25, -0.2) is 4.79 Å². The molecule has 1 N–H and O–H groups in total. The zero-order valence-corrected chi connectivity index (χ0v) is 27.2. The molecule has 0 aliphatic carbocycles. The third-order valence-corrected chi connectivity index (χ3v) is 6.79. The van der Waals surface area contributed by atoms with E-state index >= 15 is 0 Å². The van der Waals surface area contributed by atoms with Crippen molar-refractivity contribution in [3.05, 3.63) is 36.5 Å². The lowest BCUT2D eigenvalue weighted by Gasteiger charge is -2.31. The van der Waals surface area contributed by atoms with E-state index in [1.54, 1.807) is 0 Å². The summed E-state index contributed by atoms with van der Waals surface area (Å²) in [5, 5.41) is 9.52. The number of quaternary nitrogens is 1. The number of carbonyl (C=O) groups excluding carboxylic acids is 2. The minimum Gasteiger partial charge on any atom is -0.477 e. The fraction of sp³-hybridized carbons (Fsp3) is 0.735. The van der Waals surface area contributed by atoms with Gasteiger partial charge in [0.1, 0.15) is 6.61 Å². The van der Waals surface area contributed by atoms with Gasteiger partial charge in [0.2, 0.25) is 0 Å². The molecule has 2 atom stereocenters. The largest absolute Gasteiger partial charge is 0.477 e. The zero-order valence-electron chi connectivity index (χ0n) is 27.2. The standard InChI is InChI=1S/C34H59NO7/c1-6-8-10-12-14-15-16-17-19-21-23-25-33(37)42-30(28-40-27-26-31(34(38)39)35(3,4)5)29-41-32(36)24-22-20-18-13-11-9-7-2/h9,11-12,14,18,20,30-31H,6-8,10,13,15-17,19,21-29H2,1-5H3/p+1/b11-9+,14-12+,20-18+. The molecule has 0 bridgehead atoms. The number of hydrogen-bond acceptors (Lipinski definition) is 6. The minimum absolute atomic E-state index is 0.0396. The van der Waals surface area contributed by atoms with Crippen molar-refractivity contribution in [2.45, 2.75) is 122 Å². The van der Waals surface area contributed by atoms with Crippen molar-refractivity contribution in [1.82, 2.24) is 0 Å². The highest BCUT2D eigenvalue weighted by Gasteiger charge is 2.31. The van der Waals surface area contributed by atoms with Gasteiger partial charge in [0.05, 0.1) is 34.4 Å². The number of likely N-dealkylation sites (N-methyl/N-ethyl adjacent to an activating group) is 1. The van der Waals surface area contributed by atoms with Gasteiger partial charge in [-0.1, -0.05) is 82.4 Å². The van der Waals surface area contributed by atoms with Crippen molar-refractivity contribution < 1.29 is 38.2 Å². The first-order chi connectivity index (χ1) is 20.1. The van der Waals surface area contributed by atoms with Gasteiger partial charge < -0.3 is 23.8 Å². The Balaban J connectivity index is 4.57. The molecule has 0 saturated heterocycles. The summed E-state index contributed by atoms with van der Waals surface area (Å²) >= 11 is 0. The first-order valence-electron chi connectivity index (χ1n) is 16.0. The number of carboxylic acid groups (broad SMARTS) is 1. The second-order valence-electron chi connectivity index (χ2n) is 11.7. The molecular weight excluding hydrogens is 534 g/mol. The van der Waals surface area contributed by atoms with Gasteiger partial charge in [-0.15, -0.1) is 0 Å². The van der Waals surface area contributed by atoms with Gasteiger partial charge in [-0.3, -0.25) is 9.59 Å². The molecular formula is C34H60NO7+. The van der Waals surface area contributed by atoms with Crippen LogP contribution in [0.4, 0.5) is 0 Å². The van der Waals surface area contributed by atoms with Crippen LogP contribution in [0, 0.1) is 0 Å². The van der Waals surface area contributed by atoms with Crippen LogP contribution in [0.3, 0.4) is 0 Å². The first-order valence-corrected chi connectivity index (χ1v) is 16.0. The molecule has 0 amide bonds. The smallest absolute Gasteiger partial charge is 0.362 e. The zero-order chi connectivity index (χ0) is 31.5. The molecule has 0 aliphatic heterocycles. The molecule has 0 radical (unpaired) electrons. The van der Waals surface area contributed by atoms with Crippen LogP contribution in [0.5, 0.6) is 0 Å². The third kappa shape index (κ3) is 24.2. The number of ether oxygens (including phenoxy) is 3. The highest BCUT2D eigenvalue weighted by molar-refractivity contribution is 5.72. The quantitative estimate of drug-likeness (QED) is 0.0465. The van der Waals surface area contributed by atoms with Crippen LogP contribution in [0.1, 0.15) is 110 Å². The maximum Gasteiger partial charge on any atom is 0.362 e. The van der Waals surface area contributed by atoms with E-state index in [9.17, 15) is 19.5 Å². The molecule has 0 aromatic rings. The van der Waals surface area contributed by atoms with Gasteiger partial charge >= 0.3 is 17.9 Å². The van der Waals surface area contributed by atoms with Crippen LogP contribution < -0.4 is 0 Å². The molecule has 2 unspecified atom stereocenters.